The van der Waals surface area contributed by atoms with Gasteiger partial charge in [0.2, 0.25) is 5.91 Å². The first kappa shape index (κ1) is 11.8. The Bertz CT molecular complexity index is 411. The number of piperidine rings is 1. The summed E-state index contributed by atoms with van der Waals surface area (Å²) in [6, 6.07) is 4.52. The minimum Gasteiger partial charge on any atom is -0.504 e. The molecule has 1 aromatic carbocycles. The second kappa shape index (κ2) is 5.08. The smallest absolute Gasteiger partial charge is 0.226 e. The molecule has 1 amide bonds. The highest BCUT2D eigenvalue weighted by Gasteiger charge is 2.16. The Hall–Kier alpha value is -1.71. The van der Waals surface area contributed by atoms with Crippen LogP contribution in [0.3, 0.4) is 0 Å². The van der Waals surface area contributed by atoms with E-state index in [0.717, 1.165) is 31.5 Å². The summed E-state index contributed by atoms with van der Waals surface area (Å²) in [7, 11) is 0. The third-order valence-electron chi connectivity index (χ3n) is 3.10. The zero-order valence-electron chi connectivity index (χ0n) is 9.72. The van der Waals surface area contributed by atoms with Gasteiger partial charge in [-0.05, 0) is 37.0 Å². The van der Waals surface area contributed by atoms with E-state index in [1.165, 1.54) is 18.6 Å². The fraction of sp³-hybridized carbons (Fsp3) is 0.462. The van der Waals surface area contributed by atoms with E-state index in [0.29, 0.717) is 0 Å². The molecule has 92 valence electrons. The van der Waals surface area contributed by atoms with Crippen molar-refractivity contribution in [1.82, 2.24) is 4.90 Å². The number of carbonyl (C=O) groups is 1. The van der Waals surface area contributed by atoms with Crippen LogP contribution < -0.4 is 0 Å². The van der Waals surface area contributed by atoms with Crippen molar-refractivity contribution in [3.63, 3.8) is 0 Å². The maximum Gasteiger partial charge on any atom is 0.226 e. The van der Waals surface area contributed by atoms with E-state index in [-0.39, 0.29) is 23.8 Å². The third kappa shape index (κ3) is 2.90. The van der Waals surface area contributed by atoms with E-state index in [2.05, 4.69) is 0 Å². The van der Waals surface area contributed by atoms with Crippen molar-refractivity contribution in [2.24, 2.45) is 0 Å². The second-order valence-electron chi connectivity index (χ2n) is 4.44. The lowest BCUT2D eigenvalue weighted by atomic mass is 10.1. The summed E-state index contributed by atoms with van der Waals surface area (Å²) in [5.41, 5.74) is 0.732. The molecule has 0 saturated carbocycles. The zero-order chi connectivity index (χ0) is 12.3. The molecule has 0 atom stereocenters. The number of amides is 1. The van der Waals surface area contributed by atoms with E-state index in [4.69, 9.17) is 0 Å². The Kier molecular flexibility index (Phi) is 3.52. The van der Waals surface area contributed by atoms with Gasteiger partial charge in [0.15, 0.2) is 11.5 Å². The van der Waals surface area contributed by atoms with Crippen LogP contribution in [0.4, 0.5) is 0 Å². The molecular weight excluding hydrogens is 218 g/mol. The van der Waals surface area contributed by atoms with Crippen molar-refractivity contribution in [2.45, 2.75) is 25.7 Å². The SMILES string of the molecule is O=C(Cc1ccc(O)c(O)c1)N1CCCCC1. The first-order valence-corrected chi connectivity index (χ1v) is 5.95. The lowest BCUT2D eigenvalue weighted by Gasteiger charge is -2.26. The predicted molar refractivity (Wildman–Crippen MR) is 63.9 cm³/mol. The Labute approximate surface area is 100 Å². The number of rotatable bonds is 2. The highest BCUT2D eigenvalue weighted by molar-refractivity contribution is 5.79. The van der Waals surface area contributed by atoms with Crippen molar-refractivity contribution in [1.29, 1.82) is 0 Å². The van der Waals surface area contributed by atoms with Crippen molar-refractivity contribution in [3.05, 3.63) is 23.8 Å². The minimum atomic E-state index is -0.172. The van der Waals surface area contributed by atoms with Gasteiger partial charge in [-0.2, -0.15) is 0 Å². The van der Waals surface area contributed by atoms with Gasteiger partial charge in [-0.25, -0.2) is 0 Å². The number of carbonyl (C=O) groups excluding carboxylic acids is 1. The van der Waals surface area contributed by atoms with Crippen LogP contribution in [-0.2, 0) is 11.2 Å². The normalized spacial score (nSPS) is 15.9. The molecule has 0 bridgehead atoms. The Morgan fingerprint density at radius 1 is 1.12 bits per heavy atom. The van der Waals surface area contributed by atoms with Crippen molar-refractivity contribution < 1.29 is 15.0 Å². The van der Waals surface area contributed by atoms with Gasteiger partial charge in [0.05, 0.1) is 6.42 Å². The van der Waals surface area contributed by atoms with E-state index in [9.17, 15) is 15.0 Å². The number of nitrogens with zero attached hydrogens (tertiary/aromatic N) is 1. The summed E-state index contributed by atoms with van der Waals surface area (Å²) in [6.45, 7) is 1.67. The molecule has 0 spiro atoms. The molecule has 0 aromatic heterocycles. The molecule has 0 unspecified atom stereocenters. The summed E-state index contributed by atoms with van der Waals surface area (Å²) >= 11 is 0. The number of phenolic OH excluding ortho intramolecular Hbond substituents is 2. The van der Waals surface area contributed by atoms with Gasteiger partial charge in [-0.3, -0.25) is 4.79 Å². The molecule has 1 aromatic rings. The fourth-order valence-corrected chi connectivity index (χ4v) is 2.11. The monoisotopic (exact) mass is 235 g/mol. The molecule has 1 aliphatic heterocycles. The lowest BCUT2D eigenvalue weighted by Crippen LogP contribution is -2.36. The first-order chi connectivity index (χ1) is 8.16. The van der Waals surface area contributed by atoms with Crippen LogP contribution >= 0.6 is 0 Å². The summed E-state index contributed by atoms with van der Waals surface area (Å²) in [5, 5.41) is 18.5. The largest absolute Gasteiger partial charge is 0.504 e. The average molecular weight is 235 g/mol. The number of aromatic hydroxyl groups is 2. The third-order valence-corrected chi connectivity index (χ3v) is 3.10. The van der Waals surface area contributed by atoms with Crippen LogP contribution in [0.1, 0.15) is 24.8 Å². The molecule has 1 fully saturated rings. The van der Waals surface area contributed by atoms with Gasteiger partial charge in [0.25, 0.3) is 0 Å². The molecule has 2 rings (SSSR count). The molecular formula is C13H17NO3. The van der Waals surface area contributed by atoms with Gasteiger partial charge in [-0.15, -0.1) is 0 Å². The van der Waals surface area contributed by atoms with Crippen LogP contribution in [0.15, 0.2) is 18.2 Å². The van der Waals surface area contributed by atoms with Gasteiger partial charge >= 0.3 is 0 Å². The molecule has 17 heavy (non-hydrogen) atoms. The molecule has 2 N–H and O–H groups in total. The minimum absolute atomic E-state index is 0.0924. The van der Waals surface area contributed by atoms with Crippen LogP contribution in [0.2, 0.25) is 0 Å². The maximum absolute atomic E-state index is 11.9. The highest BCUT2D eigenvalue weighted by Crippen LogP contribution is 2.25. The van der Waals surface area contributed by atoms with E-state index >= 15 is 0 Å². The zero-order valence-corrected chi connectivity index (χ0v) is 9.72. The van der Waals surface area contributed by atoms with Crippen LogP contribution in [0.5, 0.6) is 11.5 Å². The van der Waals surface area contributed by atoms with Crippen LogP contribution in [0, 0.1) is 0 Å². The average Bonchev–Trinajstić information content (AvgIpc) is 2.35. The lowest BCUT2D eigenvalue weighted by molar-refractivity contribution is -0.131. The van der Waals surface area contributed by atoms with E-state index in [1.807, 2.05) is 4.90 Å². The number of phenols is 2. The van der Waals surface area contributed by atoms with E-state index in [1.54, 1.807) is 6.07 Å². The maximum atomic E-state index is 11.9. The molecule has 1 saturated heterocycles. The topological polar surface area (TPSA) is 60.8 Å². The van der Waals surface area contributed by atoms with Crippen molar-refractivity contribution >= 4 is 5.91 Å². The van der Waals surface area contributed by atoms with Crippen molar-refractivity contribution in [2.75, 3.05) is 13.1 Å². The molecule has 1 heterocycles. The predicted octanol–water partition coefficient (Wildman–Crippen LogP) is 1.65. The van der Waals surface area contributed by atoms with Gasteiger partial charge in [0, 0.05) is 13.1 Å². The summed E-state index contributed by atoms with van der Waals surface area (Å²) in [5.74, 6) is -0.233. The number of hydrogen-bond acceptors (Lipinski definition) is 3. The Morgan fingerprint density at radius 2 is 1.82 bits per heavy atom. The van der Waals surface area contributed by atoms with E-state index < -0.39 is 0 Å². The fourth-order valence-electron chi connectivity index (χ4n) is 2.11. The highest BCUT2D eigenvalue weighted by atomic mass is 16.3. The number of hydrogen-bond donors (Lipinski definition) is 2. The summed E-state index contributed by atoms with van der Waals surface area (Å²) in [6.07, 6.45) is 3.64. The van der Waals surface area contributed by atoms with Crippen molar-refractivity contribution in [3.8, 4) is 11.5 Å². The van der Waals surface area contributed by atoms with Crippen LogP contribution in [0.25, 0.3) is 0 Å². The Balaban J connectivity index is 1.99. The van der Waals surface area contributed by atoms with Gasteiger partial charge in [0.1, 0.15) is 0 Å². The summed E-state index contributed by atoms with van der Waals surface area (Å²) < 4.78 is 0. The Morgan fingerprint density at radius 3 is 2.47 bits per heavy atom. The molecule has 0 radical (unpaired) electrons. The molecule has 4 nitrogen and oxygen atoms in total. The standard InChI is InChI=1S/C13H17NO3/c15-11-5-4-10(8-12(11)16)9-13(17)14-6-2-1-3-7-14/h4-5,8,15-16H,1-3,6-7,9H2. The van der Waals surface area contributed by atoms with Crippen LogP contribution in [-0.4, -0.2) is 34.1 Å². The van der Waals surface area contributed by atoms with Gasteiger partial charge < -0.3 is 15.1 Å². The summed E-state index contributed by atoms with van der Waals surface area (Å²) in [4.78, 5) is 13.8. The quantitative estimate of drug-likeness (QED) is 0.766. The number of benzene rings is 1. The number of likely N-dealkylation sites (tertiary alicyclic amines) is 1. The first-order valence-electron chi connectivity index (χ1n) is 5.95. The second-order valence-corrected chi connectivity index (χ2v) is 4.44. The molecule has 4 heteroatoms. The van der Waals surface area contributed by atoms with Gasteiger partial charge in [-0.1, -0.05) is 6.07 Å². The molecule has 0 aliphatic carbocycles. The molecule has 1 aliphatic rings.